The van der Waals surface area contributed by atoms with Crippen LogP contribution in [0.5, 0.6) is 17.2 Å². The fourth-order valence-electron chi connectivity index (χ4n) is 2.02. The molecule has 0 unspecified atom stereocenters. The van der Waals surface area contributed by atoms with Gasteiger partial charge in [0.05, 0.1) is 7.11 Å². The summed E-state index contributed by atoms with van der Waals surface area (Å²) < 4.78 is 16.5. The van der Waals surface area contributed by atoms with Gasteiger partial charge >= 0.3 is 5.97 Å². The molecule has 2 aromatic rings. The van der Waals surface area contributed by atoms with Crippen molar-refractivity contribution < 1.29 is 24.1 Å². The lowest BCUT2D eigenvalue weighted by Gasteiger charge is -2.12. The third-order valence-electron chi connectivity index (χ3n) is 3.24. The van der Waals surface area contributed by atoms with Crippen molar-refractivity contribution >= 4 is 12.0 Å². The standard InChI is InChI=1S/C19H20O5/c1-14-3-7-16(8-4-14)23-11-12-24-17-9-5-15(6-10-19(20)21)13-18(17)22-2/h3-10,13H,11-12H2,1-2H3,(H,20,21)/b10-6+. The number of hydrogen-bond donors (Lipinski definition) is 1. The molecular weight excluding hydrogens is 308 g/mol. The minimum atomic E-state index is -0.998. The lowest BCUT2D eigenvalue weighted by molar-refractivity contribution is -0.131. The van der Waals surface area contributed by atoms with Crippen molar-refractivity contribution in [2.75, 3.05) is 20.3 Å². The van der Waals surface area contributed by atoms with Crippen LogP contribution in [-0.2, 0) is 4.79 Å². The van der Waals surface area contributed by atoms with Crippen molar-refractivity contribution in [1.82, 2.24) is 0 Å². The molecule has 0 saturated carbocycles. The van der Waals surface area contributed by atoms with Gasteiger partial charge in [0.1, 0.15) is 19.0 Å². The summed E-state index contributed by atoms with van der Waals surface area (Å²) in [5.41, 5.74) is 1.90. The van der Waals surface area contributed by atoms with Crippen molar-refractivity contribution in [3.8, 4) is 17.2 Å². The Morgan fingerprint density at radius 1 is 1.04 bits per heavy atom. The van der Waals surface area contributed by atoms with Gasteiger partial charge < -0.3 is 19.3 Å². The van der Waals surface area contributed by atoms with E-state index in [0.717, 1.165) is 17.4 Å². The fourth-order valence-corrected chi connectivity index (χ4v) is 2.02. The SMILES string of the molecule is COc1cc(/C=C/C(=O)O)ccc1OCCOc1ccc(C)cc1. The molecule has 0 bridgehead atoms. The number of carboxylic acid groups (broad SMARTS) is 1. The largest absolute Gasteiger partial charge is 0.493 e. The van der Waals surface area contributed by atoms with Gasteiger partial charge in [-0.2, -0.15) is 0 Å². The number of methoxy groups -OCH3 is 1. The summed E-state index contributed by atoms with van der Waals surface area (Å²) in [5, 5.41) is 8.65. The van der Waals surface area contributed by atoms with E-state index in [1.807, 2.05) is 31.2 Å². The minimum Gasteiger partial charge on any atom is -0.493 e. The molecule has 0 atom stereocenters. The fraction of sp³-hybridized carbons (Fsp3) is 0.211. The van der Waals surface area contributed by atoms with Crippen LogP contribution in [0.1, 0.15) is 11.1 Å². The average Bonchev–Trinajstić information content (AvgIpc) is 2.59. The molecule has 24 heavy (non-hydrogen) atoms. The smallest absolute Gasteiger partial charge is 0.328 e. The van der Waals surface area contributed by atoms with Crippen LogP contribution in [0.15, 0.2) is 48.5 Å². The van der Waals surface area contributed by atoms with Crippen LogP contribution in [0.25, 0.3) is 6.08 Å². The van der Waals surface area contributed by atoms with Crippen LogP contribution in [0, 0.1) is 6.92 Å². The van der Waals surface area contributed by atoms with Crippen LogP contribution in [0.3, 0.4) is 0 Å². The first-order valence-electron chi connectivity index (χ1n) is 7.50. The van der Waals surface area contributed by atoms with Gasteiger partial charge in [-0.15, -0.1) is 0 Å². The van der Waals surface area contributed by atoms with Crippen LogP contribution in [0.4, 0.5) is 0 Å². The van der Waals surface area contributed by atoms with E-state index >= 15 is 0 Å². The van der Waals surface area contributed by atoms with Gasteiger partial charge in [-0.05, 0) is 42.8 Å². The van der Waals surface area contributed by atoms with Crippen LogP contribution in [0.2, 0.25) is 0 Å². The van der Waals surface area contributed by atoms with Crippen molar-refractivity contribution in [2.24, 2.45) is 0 Å². The van der Waals surface area contributed by atoms with Crippen LogP contribution < -0.4 is 14.2 Å². The van der Waals surface area contributed by atoms with E-state index in [-0.39, 0.29) is 0 Å². The first-order chi connectivity index (χ1) is 11.6. The summed E-state index contributed by atoms with van der Waals surface area (Å²) in [6.07, 6.45) is 2.57. The molecule has 0 fully saturated rings. The molecule has 5 nitrogen and oxygen atoms in total. The number of carboxylic acids is 1. The summed E-state index contributed by atoms with van der Waals surface area (Å²) in [5.74, 6) is 0.920. The van der Waals surface area contributed by atoms with Gasteiger partial charge in [0, 0.05) is 6.08 Å². The van der Waals surface area contributed by atoms with E-state index in [0.29, 0.717) is 24.7 Å². The van der Waals surface area contributed by atoms with E-state index in [9.17, 15) is 4.79 Å². The maximum atomic E-state index is 10.5. The quantitative estimate of drug-likeness (QED) is 0.593. The first-order valence-corrected chi connectivity index (χ1v) is 7.50. The molecule has 0 aliphatic heterocycles. The number of carbonyl (C=O) groups is 1. The van der Waals surface area contributed by atoms with Crippen LogP contribution in [-0.4, -0.2) is 31.4 Å². The maximum Gasteiger partial charge on any atom is 0.328 e. The summed E-state index contributed by atoms with van der Waals surface area (Å²) in [4.78, 5) is 10.5. The molecule has 0 amide bonds. The van der Waals surface area contributed by atoms with Gasteiger partial charge in [-0.3, -0.25) is 0 Å². The second-order valence-corrected chi connectivity index (χ2v) is 5.09. The second kappa shape index (κ2) is 8.62. The molecule has 0 heterocycles. The minimum absolute atomic E-state index is 0.370. The Labute approximate surface area is 141 Å². The number of aryl methyl sites for hydroxylation is 1. The highest BCUT2D eigenvalue weighted by Crippen LogP contribution is 2.28. The Hall–Kier alpha value is -2.95. The number of rotatable bonds is 8. The third kappa shape index (κ3) is 5.35. The molecule has 2 rings (SSSR count). The zero-order valence-electron chi connectivity index (χ0n) is 13.7. The highest BCUT2D eigenvalue weighted by atomic mass is 16.5. The zero-order valence-corrected chi connectivity index (χ0v) is 13.7. The third-order valence-corrected chi connectivity index (χ3v) is 3.24. The molecule has 0 aliphatic carbocycles. The van der Waals surface area contributed by atoms with E-state index in [4.69, 9.17) is 19.3 Å². The maximum absolute atomic E-state index is 10.5. The average molecular weight is 328 g/mol. The lowest BCUT2D eigenvalue weighted by atomic mass is 10.2. The van der Waals surface area contributed by atoms with Crippen molar-refractivity contribution in [2.45, 2.75) is 6.92 Å². The van der Waals surface area contributed by atoms with Crippen molar-refractivity contribution in [3.63, 3.8) is 0 Å². The summed E-state index contributed by atoms with van der Waals surface area (Å²) in [7, 11) is 1.54. The van der Waals surface area contributed by atoms with Gasteiger partial charge in [-0.25, -0.2) is 4.79 Å². The summed E-state index contributed by atoms with van der Waals surface area (Å²) in [6.45, 7) is 2.80. The molecule has 2 aromatic carbocycles. The summed E-state index contributed by atoms with van der Waals surface area (Å²) >= 11 is 0. The highest BCUT2D eigenvalue weighted by Gasteiger charge is 2.05. The topological polar surface area (TPSA) is 65.0 Å². The van der Waals surface area contributed by atoms with Gasteiger partial charge in [0.15, 0.2) is 11.5 Å². The van der Waals surface area contributed by atoms with Gasteiger partial charge in [0.25, 0.3) is 0 Å². The van der Waals surface area contributed by atoms with Crippen molar-refractivity contribution in [3.05, 3.63) is 59.7 Å². The molecule has 0 aliphatic rings. The zero-order chi connectivity index (χ0) is 17.4. The Morgan fingerprint density at radius 2 is 1.75 bits per heavy atom. The first kappa shape index (κ1) is 17.4. The Morgan fingerprint density at radius 3 is 2.42 bits per heavy atom. The molecule has 5 heteroatoms. The van der Waals surface area contributed by atoms with Gasteiger partial charge in [0.2, 0.25) is 0 Å². The molecular formula is C19H20O5. The van der Waals surface area contributed by atoms with Crippen molar-refractivity contribution in [1.29, 1.82) is 0 Å². The molecule has 0 aromatic heterocycles. The number of hydrogen-bond acceptors (Lipinski definition) is 4. The van der Waals surface area contributed by atoms with E-state index < -0.39 is 5.97 Å². The Kier molecular flexibility index (Phi) is 6.25. The lowest BCUT2D eigenvalue weighted by Crippen LogP contribution is -2.09. The van der Waals surface area contributed by atoms with E-state index in [1.54, 1.807) is 18.2 Å². The monoisotopic (exact) mass is 328 g/mol. The molecule has 0 saturated heterocycles. The summed E-state index contributed by atoms with van der Waals surface area (Å²) in [6, 6.07) is 13.0. The Balaban J connectivity index is 1.89. The van der Waals surface area contributed by atoms with E-state index in [1.165, 1.54) is 18.7 Å². The van der Waals surface area contributed by atoms with E-state index in [2.05, 4.69) is 0 Å². The number of ether oxygens (including phenoxy) is 3. The second-order valence-electron chi connectivity index (χ2n) is 5.09. The normalized spacial score (nSPS) is 10.6. The number of aliphatic carboxylic acids is 1. The molecule has 0 spiro atoms. The predicted octanol–water partition coefficient (Wildman–Crippen LogP) is 3.56. The number of benzene rings is 2. The molecule has 126 valence electrons. The molecule has 0 radical (unpaired) electrons. The Bertz CT molecular complexity index is 704. The highest BCUT2D eigenvalue weighted by molar-refractivity contribution is 5.85. The van der Waals surface area contributed by atoms with Gasteiger partial charge in [-0.1, -0.05) is 23.8 Å². The molecule has 1 N–H and O–H groups in total. The predicted molar refractivity (Wildman–Crippen MR) is 91.8 cm³/mol. The van der Waals surface area contributed by atoms with Crippen LogP contribution >= 0.6 is 0 Å².